The van der Waals surface area contributed by atoms with Crippen LogP contribution in [0.5, 0.6) is 0 Å². The number of thiophene rings is 1. The second kappa shape index (κ2) is 6.87. The number of hydrogen-bond donors (Lipinski definition) is 0. The number of benzene rings is 1. The molecular weight excluding hydrogens is 402 g/mol. The summed E-state index contributed by atoms with van der Waals surface area (Å²) in [6, 6.07) is 9.80. The van der Waals surface area contributed by atoms with Crippen molar-refractivity contribution in [1.29, 1.82) is 0 Å². The van der Waals surface area contributed by atoms with Crippen LogP contribution in [0.15, 0.2) is 38.6 Å². The zero-order chi connectivity index (χ0) is 14.7. The predicted octanol–water partition coefficient (Wildman–Crippen LogP) is 5.24. The maximum Gasteiger partial charge on any atom is 0.254 e. The molecule has 0 atom stereocenters. The molecule has 0 aliphatic heterocycles. The van der Waals surface area contributed by atoms with Crippen LogP contribution >= 0.6 is 43.2 Å². The molecule has 0 radical (unpaired) electrons. The lowest BCUT2D eigenvalue weighted by atomic mass is 10.1. The van der Waals surface area contributed by atoms with Gasteiger partial charge in [0.15, 0.2) is 0 Å². The number of nitrogens with zero attached hydrogens (tertiary/aromatic N) is 1. The van der Waals surface area contributed by atoms with Crippen molar-refractivity contribution in [2.45, 2.75) is 20.4 Å². The minimum Gasteiger partial charge on any atom is -0.334 e. The Balaban J connectivity index is 2.18. The molecule has 1 aromatic heterocycles. The van der Waals surface area contributed by atoms with Gasteiger partial charge >= 0.3 is 0 Å². The quantitative estimate of drug-likeness (QED) is 0.666. The van der Waals surface area contributed by atoms with Crippen LogP contribution in [0.1, 0.15) is 27.7 Å². The summed E-state index contributed by atoms with van der Waals surface area (Å²) in [7, 11) is 0. The van der Waals surface area contributed by atoms with Crippen LogP contribution < -0.4 is 0 Å². The number of carbonyl (C=O) groups is 1. The average molecular weight is 417 g/mol. The predicted molar refractivity (Wildman–Crippen MR) is 91.3 cm³/mol. The number of hydrogen-bond acceptors (Lipinski definition) is 2. The Morgan fingerprint density at radius 2 is 2.00 bits per heavy atom. The molecular formula is C15H15Br2NOS. The number of rotatable bonds is 4. The SMILES string of the molecule is CCN(Cc1ccc(Br)s1)C(=O)c1ccc(Br)c(C)c1. The van der Waals surface area contributed by atoms with Crippen molar-refractivity contribution in [2.24, 2.45) is 0 Å². The summed E-state index contributed by atoms with van der Waals surface area (Å²) in [5.41, 5.74) is 1.81. The highest BCUT2D eigenvalue weighted by Gasteiger charge is 2.16. The molecule has 0 aliphatic carbocycles. The number of aryl methyl sites for hydroxylation is 1. The minimum atomic E-state index is 0.0765. The van der Waals surface area contributed by atoms with Gasteiger partial charge in [0.25, 0.3) is 5.91 Å². The standard InChI is InChI=1S/C15H15Br2NOS/c1-3-18(9-12-5-7-14(17)20-12)15(19)11-4-6-13(16)10(2)8-11/h4-8H,3,9H2,1-2H3. The Bertz CT molecular complexity index is 624. The van der Waals surface area contributed by atoms with E-state index >= 15 is 0 Å². The fourth-order valence-electron chi connectivity index (χ4n) is 1.91. The highest BCUT2D eigenvalue weighted by atomic mass is 79.9. The van der Waals surface area contributed by atoms with Crippen molar-refractivity contribution in [3.63, 3.8) is 0 Å². The first kappa shape index (κ1) is 15.7. The lowest BCUT2D eigenvalue weighted by Crippen LogP contribution is -2.30. The maximum absolute atomic E-state index is 12.6. The smallest absolute Gasteiger partial charge is 0.254 e. The van der Waals surface area contributed by atoms with Gasteiger partial charge < -0.3 is 4.90 Å². The van der Waals surface area contributed by atoms with E-state index in [-0.39, 0.29) is 5.91 Å². The molecule has 106 valence electrons. The average Bonchev–Trinajstić information content (AvgIpc) is 2.84. The highest BCUT2D eigenvalue weighted by molar-refractivity contribution is 9.11. The van der Waals surface area contributed by atoms with Crippen LogP contribution in [0.3, 0.4) is 0 Å². The summed E-state index contributed by atoms with van der Waals surface area (Å²) in [4.78, 5) is 15.6. The first-order chi connectivity index (χ1) is 9.51. The lowest BCUT2D eigenvalue weighted by Gasteiger charge is -2.20. The molecule has 0 fully saturated rings. The van der Waals surface area contributed by atoms with Crippen LogP contribution in [-0.4, -0.2) is 17.4 Å². The van der Waals surface area contributed by atoms with Crippen molar-refractivity contribution < 1.29 is 4.79 Å². The molecule has 0 aliphatic rings. The van der Waals surface area contributed by atoms with Crippen molar-refractivity contribution >= 4 is 49.1 Å². The van der Waals surface area contributed by atoms with E-state index in [4.69, 9.17) is 0 Å². The molecule has 1 heterocycles. The van der Waals surface area contributed by atoms with Gasteiger partial charge in [0.05, 0.1) is 10.3 Å². The van der Waals surface area contributed by atoms with Gasteiger partial charge in [-0.05, 0) is 65.7 Å². The van der Waals surface area contributed by atoms with Gasteiger partial charge in [0.2, 0.25) is 0 Å². The molecule has 1 aromatic carbocycles. The summed E-state index contributed by atoms with van der Waals surface area (Å²) >= 11 is 8.58. The Labute approximate surface area is 140 Å². The summed E-state index contributed by atoms with van der Waals surface area (Å²) in [6.45, 7) is 5.35. The van der Waals surface area contributed by atoms with Crippen LogP contribution in [0.25, 0.3) is 0 Å². The van der Waals surface area contributed by atoms with E-state index < -0.39 is 0 Å². The summed E-state index contributed by atoms with van der Waals surface area (Å²) in [5, 5.41) is 0. The van der Waals surface area contributed by atoms with E-state index in [9.17, 15) is 4.79 Å². The van der Waals surface area contributed by atoms with Crippen molar-refractivity contribution in [1.82, 2.24) is 4.90 Å². The van der Waals surface area contributed by atoms with Crippen LogP contribution in [0, 0.1) is 6.92 Å². The second-order valence-electron chi connectivity index (χ2n) is 4.49. The van der Waals surface area contributed by atoms with Crippen LogP contribution in [0.4, 0.5) is 0 Å². The molecule has 0 spiro atoms. The Morgan fingerprint density at radius 3 is 2.55 bits per heavy atom. The number of amides is 1. The monoisotopic (exact) mass is 415 g/mol. The first-order valence-corrected chi connectivity index (χ1v) is 8.71. The molecule has 0 saturated heterocycles. The molecule has 2 rings (SSSR count). The molecule has 0 saturated carbocycles. The second-order valence-corrected chi connectivity index (χ2v) is 7.89. The lowest BCUT2D eigenvalue weighted by molar-refractivity contribution is 0.0754. The number of halogens is 2. The first-order valence-electron chi connectivity index (χ1n) is 6.31. The Morgan fingerprint density at radius 1 is 1.25 bits per heavy atom. The molecule has 2 nitrogen and oxygen atoms in total. The van der Waals surface area contributed by atoms with Gasteiger partial charge in [-0.1, -0.05) is 15.9 Å². The largest absolute Gasteiger partial charge is 0.334 e. The van der Waals surface area contributed by atoms with Crippen molar-refractivity contribution in [3.05, 3.63) is 54.6 Å². The zero-order valence-corrected chi connectivity index (χ0v) is 15.3. The van der Waals surface area contributed by atoms with Gasteiger partial charge in [0, 0.05) is 21.5 Å². The third-order valence-corrected chi connectivity index (χ3v) is 5.55. The van der Waals surface area contributed by atoms with E-state index in [1.165, 1.54) is 4.88 Å². The van der Waals surface area contributed by atoms with Crippen molar-refractivity contribution in [2.75, 3.05) is 6.54 Å². The van der Waals surface area contributed by atoms with Crippen LogP contribution in [0.2, 0.25) is 0 Å². The summed E-state index contributed by atoms with van der Waals surface area (Å²) < 4.78 is 2.12. The van der Waals surface area contributed by atoms with Gasteiger partial charge in [-0.25, -0.2) is 0 Å². The molecule has 0 N–H and O–H groups in total. The van der Waals surface area contributed by atoms with Gasteiger partial charge in [-0.15, -0.1) is 11.3 Å². The molecule has 0 bridgehead atoms. The molecule has 1 amide bonds. The molecule has 20 heavy (non-hydrogen) atoms. The molecule has 0 unspecified atom stereocenters. The molecule has 2 aromatic rings. The third kappa shape index (κ3) is 3.71. The maximum atomic E-state index is 12.6. The van der Waals surface area contributed by atoms with E-state index in [0.29, 0.717) is 13.1 Å². The Kier molecular flexibility index (Phi) is 5.41. The highest BCUT2D eigenvalue weighted by Crippen LogP contribution is 2.24. The fraction of sp³-hybridized carbons (Fsp3) is 0.267. The topological polar surface area (TPSA) is 20.3 Å². The normalized spacial score (nSPS) is 10.6. The Hall–Kier alpha value is -0.650. The summed E-state index contributed by atoms with van der Waals surface area (Å²) in [6.07, 6.45) is 0. The summed E-state index contributed by atoms with van der Waals surface area (Å²) in [5.74, 6) is 0.0765. The van der Waals surface area contributed by atoms with E-state index in [0.717, 1.165) is 19.4 Å². The zero-order valence-electron chi connectivity index (χ0n) is 11.3. The van der Waals surface area contributed by atoms with E-state index in [2.05, 4.69) is 37.9 Å². The van der Waals surface area contributed by atoms with Gasteiger partial charge in [-0.2, -0.15) is 0 Å². The minimum absolute atomic E-state index is 0.0765. The third-order valence-electron chi connectivity index (χ3n) is 3.05. The van der Waals surface area contributed by atoms with E-state index in [1.54, 1.807) is 11.3 Å². The van der Waals surface area contributed by atoms with Crippen LogP contribution in [-0.2, 0) is 6.54 Å². The fourth-order valence-corrected chi connectivity index (χ4v) is 3.66. The number of carbonyl (C=O) groups excluding carboxylic acids is 1. The van der Waals surface area contributed by atoms with Crippen molar-refractivity contribution in [3.8, 4) is 0 Å². The molecule has 5 heteroatoms. The van der Waals surface area contributed by atoms with E-state index in [1.807, 2.05) is 43.0 Å². The van der Waals surface area contributed by atoms with Gasteiger partial charge in [-0.3, -0.25) is 4.79 Å². The van der Waals surface area contributed by atoms with Gasteiger partial charge in [0.1, 0.15) is 0 Å².